The van der Waals surface area contributed by atoms with Crippen molar-refractivity contribution >= 4 is 10.0 Å². The monoisotopic (exact) mass is 408 g/mol. The van der Waals surface area contributed by atoms with E-state index in [0.717, 1.165) is 5.56 Å². The van der Waals surface area contributed by atoms with E-state index < -0.39 is 22.2 Å². The average molecular weight is 409 g/mol. The smallest absolute Gasteiger partial charge is 0.243 e. The predicted octanol–water partition coefficient (Wildman–Crippen LogP) is 1.68. The fourth-order valence-electron chi connectivity index (χ4n) is 2.83. The Morgan fingerprint density at radius 1 is 0.929 bits per heavy atom. The normalized spacial score (nSPS) is 14.4. The van der Waals surface area contributed by atoms with Crippen LogP contribution in [-0.4, -0.2) is 53.3 Å². The SMILES string of the molecule is CC(C)CN(C[C@@H](O)[C@@H](N)Cc1ccc(O)cc1)S(=O)(=O)c1ccc(O)cc1. The lowest BCUT2D eigenvalue weighted by atomic mass is 10.0. The van der Waals surface area contributed by atoms with E-state index >= 15 is 0 Å². The van der Waals surface area contributed by atoms with Crippen LogP contribution in [0.25, 0.3) is 0 Å². The van der Waals surface area contributed by atoms with E-state index in [0.29, 0.717) is 6.42 Å². The molecule has 2 aromatic rings. The van der Waals surface area contributed by atoms with Crippen LogP contribution in [0.3, 0.4) is 0 Å². The van der Waals surface area contributed by atoms with Gasteiger partial charge in [-0.2, -0.15) is 4.31 Å². The van der Waals surface area contributed by atoms with Gasteiger partial charge in [0.1, 0.15) is 11.5 Å². The maximum absolute atomic E-state index is 13.0. The van der Waals surface area contributed by atoms with Gasteiger partial charge in [-0.15, -0.1) is 0 Å². The molecule has 5 N–H and O–H groups in total. The Morgan fingerprint density at radius 3 is 1.93 bits per heavy atom. The van der Waals surface area contributed by atoms with Gasteiger partial charge >= 0.3 is 0 Å². The quantitative estimate of drug-likeness (QED) is 0.500. The Balaban J connectivity index is 2.15. The first-order valence-corrected chi connectivity index (χ1v) is 10.5. The number of nitrogens with zero attached hydrogens (tertiary/aromatic N) is 1. The largest absolute Gasteiger partial charge is 0.508 e. The minimum atomic E-state index is -3.85. The zero-order valence-corrected chi connectivity index (χ0v) is 16.9. The van der Waals surface area contributed by atoms with E-state index in [9.17, 15) is 23.7 Å². The van der Waals surface area contributed by atoms with Crippen molar-refractivity contribution in [3.05, 3.63) is 54.1 Å². The molecule has 0 heterocycles. The summed E-state index contributed by atoms with van der Waals surface area (Å²) in [6.07, 6.45) is -0.726. The van der Waals surface area contributed by atoms with Gasteiger partial charge < -0.3 is 21.1 Å². The van der Waals surface area contributed by atoms with E-state index in [-0.39, 0.29) is 35.4 Å². The van der Waals surface area contributed by atoms with Crippen molar-refractivity contribution in [3.8, 4) is 11.5 Å². The fourth-order valence-corrected chi connectivity index (χ4v) is 4.45. The number of hydrogen-bond donors (Lipinski definition) is 4. The van der Waals surface area contributed by atoms with Crippen molar-refractivity contribution in [3.63, 3.8) is 0 Å². The number of aliphatic hydroxyl groups is 1. The van der Waals surface area contributed by atoms with Crippen molar-refractivity contribution < 1.29 is 23.7 Å². The number of hydrogen-bond acceptors (Lipinski definition) is 6. The van der Waals surface area contributed by atoms with E-state index in [4.69, 9.17) is 5.73 Å². The lowest BCUT2D eigenvalue weighted by Gasteiger charge is -2.28. The van der Waals surface area contributed by atoms with Gasteiger partial charge in [-0.3, -0.25) is 0 Å². The molecule has 0 radical (unpaired) electrons. The highest BCUT2D eigenvalue weighted by Gasteiger charge is 2.29. The topological polar surface area (TPSA) is 124 Å². The van der Waals surface area contributed by atoms with Gasteiger partial charge in [-0.25, -0.2) is 8.42 Å². The van der Waals surface area contributed by atoms with Crippen LogP contribution in [0, 0.1) is 5.92 Å². The maximum atomic E-state index is 13.0. The van der Waals surface area contributed by atoms with Crippen LogP contribution in [0.15, 0.2) is 53.4 Å². The molecule has 0 aliphatic carbocycles. The van der Waals surface area contributed by atoms with Crippen molar-refractivity contribution in [2.75, 3.05) is 13.1 Å². The van der Waals surface area contributed by atoms with Crippen LogP contribution in [-0.2, 0) is 16.4 Å². The molecule has 0 spiro atoms. The second-order valence-electron chi connectivity index (χ2n) is 7.31. The molecule has 2 rings (SSSR count). The molecular formula is C20H28N2O5S. The van der Waals surface area contributed by atoms with Crippen molar-refractivity contribution in [2.45, 2.75) is 37.3 Å². The van der Waals surface area contributed by atoms with Gasteiger partial charge in [0.2, 0.25) is 10.0 Å². The van der Waals surface area contributed by atoms with Crippen molar-refractivity contribution in [2.24, 2.45) is 11.7 Å². The first-order chi connectivity index (χ1) is 13.1. The van der Waals surface area contributed by atoms with Crippen LogP contribution in [0.5, 0.6) is 11.5 Å². The lowest BCUT2D eigenvalue weighted by Crippen LogP contribution is -2.47. The van der Waals surface area contributed by atoms with Gasteiger partial charge in [-0.05, 0) is 54.3 Å². The van der Waals surface area contributed by atoms with Crippen LogP contribution in [0.2, 0.25) is 0 Å². The molecule has 0 unspecified atom stereocenters. The molecule has 0 bridgehead atoms. The van der Waals surface area contributed by atoms with Crippen LogP contribution < -0.4 is 5.73 Å². The molecule has 0 aliphatic rings. The number of rotatable bonds is 9. The number of aromatic hydroxyl groups is 2. The van der Waals surface area contributed by atoms with E-state index in [2.05, 4.69) is 0 Å². The predicted molar refractivity (Wildman–Crippen MR) is 107 cm³/mol. The average Bonchev–Trinajstić information content (AvgIpc) is 2.63. The van der Waals surface area contributed by atoms with Crippen molar-refractivity contribution in [1.82, 2.24) is 4.31 Å². The van der Waals surface area contributed by atoms with E-state index in [1.165, 1.54) is 40.7 Å². The highest BCUT2D eigenvalue weighted by Crippen LogP contribution is 2.21. The highest BCUT2D eigenvalue weighted by atomic mass is 32.2. The Hall–Kier alpha value is -2.13. The summed E-state index contributed by atoms with van der Waals surface area (Å²) in [4.78, 5) is 0.0465. The first-order valence-electron chi connectivity index (χ1n) is 9.10. The third kappa shape index (κ3) is 5.93. The summed E-state index contributed by atoms with van der Waals surface area (Å²) < 4.78 is 27.2. The molecule has 7 nitrogen and oxygen atoms in total. The fraction of sp³-hybridized carbons (Fsp3) is 0.400. The van der Waals surface area contributed by atoms with Gasteiger partial charge in [0.25, 0.3) is 0 Å². The number of phenolic OH excluding ortho intramolecular Hbond substituents is 2. The number of sulfonamides is 1. The summed E-state index contributed by atoms with van der Waals surface area (Å²) in [5.74, 6) is 0.165. The number of aliphatic hydroxyl groups excluding tert-OH is 1. The third-order valence-corrected chi connectivity index (χ3v) is 6.18. The van der Waals surface area contributed by atoms with Crippen molar-refractivity contribution in [1.29, 1.82) is 0 Å². The van der Waals surface area contributed by atoms with Crippen LogP contribution >= 0.6 is 0 Å². The lowest BCUT2D eigenvalue weighted by molar-refractivity contribution is 0.116. The van der Waals surface area contributed by atoms with Gasteiger partial charge in [0.05, 0.1) is 11.0 Å². The summed E-state index contributed by atoms with van der Waals surface area (Å²) in [6.45, 7) is 3.87. The maximum Gasteiger partial charge on any atom is 0.243 e. The Kier molecular flexibility index (Phi) is 7.42. The number of nitrogens with two attached hydrogens (primary N) is 1. The molecule has 0 aromatic heterocycles. The second kappa shape index (κ2) is 9.38. The Labute approximate surface area is 166 Å². The minimum Gasteiger partial charge on any atom is -0.508 e. The summed E-state index contributed by atoms with van der Waals surface area (Å²) in [5.41, 5.74) is 6.94. The number of benzene rings is 2. The van der Waals surface area contributed by atoms with Crippen LogP contribution in [0.1, 0.15) is 19.4 Å². The molecule has 0 saturated carbocycles. The van der Waals surface area contributed by atoms with E-state index in [1.807, 2.05) is 13.8 Å². The summed E-state index contributed by atoms with van der Waals surface area (Å²) in [7, 11) is -3.85. The Bertz CT molecular complexity index is 851. The Morgan fingerprint density at radius 2 is 1.43 bits per heavy atom. The van der Waals surface area contributed by atoms with E-state index in [1.54, 1.807) is 12.1 Å². The molecule has 0 saturated heterocycles. The molecule has 0 amide bonds. The summed E-state index contributed by atoms with van der Waals surface area (Å²) in [5, 5.41) is 29.3. The molecule has 0 fully saturated rings. The number of phenols is 2. The zero-order valence-electron chi connectivity index (χ0n) is 16.1. The molecule has 8 heteroatoms. The van der Waals surface area contributed by atoms with Gasteiger partial charge in [0, 0.05) is 19.1 Å². The zero-order chi connectivity index (χ0) is 20.9. The molecule has 2 atom stereocenters. The minimum absolute atomic E-state index is 0.0229. The standard InChI is InChI=1S/C20H28N2O5S/c1-14(2)12-22(28(26,27)18-9-7-17(24)8-10-18)13-20(25)19(21)11-15-3-5-16(23)6-4-15/h3-10,14,19-20,23-25H,11-13,21H2,1-2H3/t19-,20+/m0/s1. The summed E-state index contributed by atoms with van der Waals surface area (Å²) >= 11 is 0. The highest BCUT2D eigenvalue weighted by molar-refractivity contribution is 7.89. The van der Waals surface area contributed by atoms with Crippen LogP contribution in [0.4, 0.5) is 0 Å². The van der Waals surface area contributed by atoms with Gasteiger partial charge in [-0.1, -0.05) is 26.0 Å². The summed E-state index contributed by atoms with van der Waals surface area (Å²) in [6, 6.07) is 11.1. The molecule has 28 heavy (non-hydrogen) atoms. The third-order valence-electron chi connectivity index (χ3n) is 4.34. The second-order valence-corrected chi connectivity index (χ2v) is 9.25. The molecular weight excluding hydrogens is 380 g/mol. The van der Waals surface area contributed by atoms with Gasteiger partial charge in [0.15, 0.2) is 0 Å². The molecule has 0 aliphatic heterocycles. The molecule has 2 aromatic carbocycles. The molecule has 154 valence electrons. The first kappa shape index (κ1) is 22.2.